The molecule has 96 valence electrons. The molecule has 1 heterocycles. The average molecular weight is 251 g/mol. The predicted molar refractivity (Wildman–Crippen MR) is 75.1 cm³/mol. The van der Waals surface area contributed by atoms with E-state index in [0.29, 0.717) is 12.2 Å². The molecule has 1 aromatic heterocycles. The van der Waals surface area contributed by atoms with Crippen molar-refractivity contribution in [2.45, 2.75) is 31.6 Å². The molecular formula is C17H17NO. The van der Waals surface area contributed by atoms with Crippen molar-refractivity contribution < 1.29 is 4.79 Å². The van der Waals surface area contributed by atoms with Crippen molar-refractivity contribution in [3.8, 4) is 0 Å². The lowest BCUT2D eigenvalue weighted by molar-refractivity contribution is -0.120. The molecule has 0 fully saturated rings. The number of ketones is 1. The predicted octanol–water partition coefficient (Wildman–Crippen LogP) is 3.31. The van der Waals surface area contributed by atoms with Crippen LogP contribution in [0.4, 0.5) is 0 Å². The second-order valence-electron chi connectivity index (χ2n) is 5.15. The van der Waals surface area contributed by atoms with Crippen LogP contribution in [0.3, 0.4) is 0 Å². The van der Waals surface area contributed by atoms with Crippen LogP contribution in [0.2, 0.25) is 0 Å². The lowest BCUT2D eigenvalue weighted by atomic mass is 9.79. The third-order valence-electron chi connectivity index (χ3n) is 3.86. The Morgan fingerprint density at radius 1 is 1.21 bits per heavy atom. The highest BCUT2D eigenvalue weighted by Crippen LogP contribution is 2.32. The number of aryl methyl sites for hydroxylation is 1. The highest BCUT2D eigenvalue weighted by Gasteiger charge is 2.25. The minimum atomic E-state index is 0.0742. The summed E-state index contributed by atoms with van der Waals surface area (Å²) in [5.74, 6) is 0.394. The smallest absolute Gasteiger partial charge is 0.144 e. The fourth-order valence-electron chi connectivity index (χ4n) is 2.92. The topological polar surface area (TPSA) is 30.0 Å². The van der Waals surface area contributed by atoms with Crippen molar-refractivity contribution in [3.63, 3.8) is 0 Å². The van der Waals surface area contributed by atoms with Gasteiger partial charge in [0.15, 0.2) is 0 Å². The number of hydrogen-bond donors (Lipinski definition) is 0. The van der Waals surface area contributed by atoms with Gasteiger partial charge in [0, 0.05) is 24.7 Å². The van der Waals surface area contributed by atoms with Crippen LogP contribution in [0.15, 0.2) is 48.8 Å². The molecule has 19 heavy (non-hydrogen) atoms. The first-order valence-electron chi connectivity index (χ1n) is 6.84. The summed E-state index contributed by atoms with van der Waals surface area (Å²) in [4.78, 5) is 16.6. The van der Waals surface area contributed by atoms with Crippen LogP contribution < -0.4 is 0 Å². The summed E-state index contributed by atoms with van der Waals surface area (Å²) >= 11 is 0. The standard InChI is InChI=1S/C17H17NO/c19-17(11-13-5-4-10-18-12-13)16-9-3-7-14-6-1-2-8-15(14)16/h1-2,4-6,8,10,12,16H,3,7,9,11H2. The fraction of sp³-hybridized carbons (Fsp3) is 0.294. The van der Waals surface area contributed by atoms with E-state index in [9.17, 15) is 4.79 Å². The van der Waals surface area contributed by atoms with Gasteiger partial charge in [-0.2, -0.15) is 0 Å². The Labute approximate surface area is 113 Å². The summed E-state index contributed by atoms with van der Waals surface area (Å²) in [7, 11) is 0. The molecule has 3 rings (SSSR count). The number of nitrogens with zero attached hydrogens (tertiary/aromatic N) is 1. The monoisotopic (exact) mass is 251 g/mol. The van der Waals surface area contributed by atoms with E-state index < -0.39 is 0 Å². The number of fused-ring (bicyclic) bond motifs is 1. The van der Waals surface area contributed by atoms with Gasteiger partial charge in [0.05, 0.1) is 0 Å². The number of carbonyl (C=O) groups excluding carboxylic acids is 1. The van der Waals surface area contributed by atoms with Gasteiger partial charge in [0.2, 0.25) is 0 Å². The van der Waals surface area contributed by atoms with E-state index in [2.05, 4.69) is 23.2 Å². The maximum Gasteiger partial charge on any atom is 0.144 e. The molecule has 1 aromatic carbocycles. The Morgan fingerprint density at radius 2 is 2.11 bits per heavy atom. The van der Waals surface area contributed by atoms with Crippen LogP contribution in [-0.4, -0.2) is 10.8 Å². The molecule has 1 aliphatic carbocycles. The highest BCUT2D eigenvalue weighted by atomic mass is 16.1. The molecule has 0 bridgehead atoms. The van der Waals surface area contributed by atoms with E-state index >= 15 is 0 Å². The second-order valence-corrected chi connectivity index (χ2v) is 5.15. The van der Waals surface area contributed by atoms with Crippen molar-refractivity contribution in [1.29, 1.82) is 0 Å². The summed E-state index contributed by atoms with van der Waals surface area (Å²) in [6, 6.07) is 12.2. The number of carbonyl (C=O) groups is 1. The van der Waals surface area contributed by atoms with Gasteiger partial charge in [0.25, 0.3) is 0 Å². The van der Waals surface area contributed by atoms with Crippen LogP contribution in [0.1, 0.15) is 35.4 Å². The van der Waals surface area contributed by atoms with Gasteiger partial charge in [-0.05, 0) is 42.0 Å². The Hall–Kier alpha value is -1.96. The zero-order valence-corrected chi connectivity index (χ0v) is 10.9. The molecule has 0 spiro atoms. The summed E-state index contributed by atoms with van der Waals surface area (Å²) in [6.45, 7) is 0. The Morgan fingerprint density at radius 3 is 2.95 bits per heavy atom. The number of hydrogen-bond acceptors (Lipinski definition) is 2. The third-order valence-corrected chi connectivity index (χ3v) is 3.86. The molecule has 0 amide bonds. The molecule has 1 atom stereocenters. The van der Waals surface area contributed by atoms with Gasteiger partial charge in [-0.3, -0.25) is 9.78 Å². The van der Waals surface area contributed by atoms with Crippen LogP contribution in [0.25, 0.3) is 0 Å². The summed E-state index contributed by atoms with van der Waals surface area (Å²) in [6.07, 6.45) is 7.22. The quantitative estimate of drug-likeness (QED) is 0.837. The summed E-state index contributed by atoms with van der Waals surface area (Å²) < 4.78 is 0. The minimum Gasteiger partial charge on any atom is -0.299 e. The van der Waals surface area contributed by atoms with Gasteiger partial charge in [0.1, 0.15) is 5.78 Å². The molecule has 0 aliphatic heterocycles. The molecule has 0 N–H and O–H groups in total. The van der Waals surface area contributed by atoms with E-state index in [0.717, 1.165) is 24.8 Å². The average Bonchev–Trinajstić information content (AvgIpc) is 2.47. The molecule has 1 aliphatic rings. The van der Waals surface area contributed by atoms with Crippen molar-refractivity contribution in [2.75, 3.05) is 0 Å². The SMILES string of the molecule is O=C(Cc1cccnc1)C1CCCc2ccccc21. The minimum absolute atomic E-state index is 0.0742. The Balaban J connectivity index is 1.82. The molecule has 2 nitrogen and oxygen atoms in total. The van der Waals surface area contributed by atoms with Gasteiger partial charge in [-0.1, -0.05) is 30.3 Å². The number of Topliss-reactive ketones (excluding diaryl/α,β-unsaturated/α-hetero) is 1. The van der Waals surface area contributed by atoms with Crippen LogP contribution in [0.5, 0.6) is 0 Å². The van der Waals surface area contributed by atoms with E-state index in [1.165, 1.54) is 11.1 Å². The van der Waals surface area contributed by atoms with Crippen LogP contribution >= 0.6 is 0 Å². The first kappa shape index (κ1) is 12.1. The van der Waals surface area contributed by atoms with Crippen molar-refractivity contribution in [1.82, 2.24) is 4.98 Å². The van der Waals surface area contributed by atoms with Crippen LogP contribution in [0, 0.1) is 0 Å². The van der Waals surface area contributed by atoms with Crippen LogP contribution in [-0.2, 0) is 17.6 Å². The first-order chi connectivity index (χ1) is 9.34. The van der Waals surface area contributed by atoms with E-state index in [-0.39, 0.29) is 5.92 Å². The second kappa shape index (κ2) is 5.35. The van der Waals surface area contributed by atoms with Crippen molar-refractivity contribution in [2.24, 2.45) is 0 Å². The number of aromatic nitrogens is 1. The molecule has 2 aromatic rings. The largest absolute Gasteiger partial charge is 0.299 e. The number of pyridine rings is 1. The molecular weight excluding hydrogens is 234 g/mol. The van der Waals surface area contributed by atoms with Crippen molar-refractivity contribution in [3.05, 3.63) is 65.5 Å². The zero-order valence-electron chi connectivity index (χ0n) is 10.9. The van der Waals surface area contributed by atoms with E-state index in [1.807, 2.05) is 18.2 Å². The molecule has 0 radical (unpaired) electrons. The normalized spacial score (nSPS) is 17.8. The van der Waals surface area contributed by atoms with Crippen molar-refractivity contribution >= 4 is 5.78 Å². The van der Waals surface area contributed by atoms with Gasteiger partial charge in [-0.25, -0.2) is 0 Å². The van der Waals surface area contributed by atoms with E-state index in [4.69, 9.17) is 0 Å². The Kier molecular flexibility index (Phi) is 3.41. The van der Waals surface area contributed by atoms with E-state index in [1.54, 1.807) is 12.4 Å². The number of benzene rings is 1. The molecule has 2 heteroatoms. The Bertz CT molecular complexity index is 577. The molecule has 0 saturated heterocycles. The fourth-order valence-corrected chi connectivity index (χ4v) is 2.92. The first-order valence-corrected chi connectivity index (χ1v) is 6.84. The summed E-state index contributed by atoms with van der Waals surface area (Å²) in [5, 5.41) is 0. The zero-order chi connectivity index (χ0) is 13.1. The maximum absolute atomic E-state index is 12.5. The summed E-state index contributed by atoms with van der Waals surface area (Å²) in [5.41, 5.74) is 3.59. The lowest BCUT2D eigenvalue weighted by Crippen LogP contribution is -2.20. The van der Waals surface area contributed by atoms with Gasteiger partial charge >= 0.3 is 0 Å². The third kappa shape index (κ3) is 2.58. The molecule has 0 saturated carbocycles. The van der Waals surface area contributed by atoms with Gasteiger partial charge in [-0.15, -0.1) is 0 Å². The maximum atomic E-state index is 12.5. The number of rotatable bonds is 3. The lowest BCUT2D eigenvalue weighted by Gasteiger charge is -2.24. The molecule has 1 unspecified atom stereocenters. The highest BCUT2D eigenvalue weighted by molar-refractivity contribution is 5.88. The van der Waals surface area contributed by atoms with Gasteiger partial charge < -0.3 is 0 Å².